The number of hydrogen-bond acceptors (Lipinski definition) is 2. The van der Waals surface area contributed by atoms with E-state index in [2.05, 4.69) is 35.6 Å². The van der Waals surface area contributed by atoms with Crippen molar-refractivity contribution < 1.29 is 4.74 Å². The molecule has 0 aromatic heterocycles. The second-order valence-corrected chi connectivity index (χ2v) is 5.26. The van der Waals surface area contributed by atoms with Gasteiger partial charge >= 0.3 is 0 Å². The summed E-state index contributed by atoms with van der Waals surface area (Å²) in [5, 5.41) is 3.66. The third kappa shape index (κ3) is 2.70. The molecule has 3 atom stereocenters. The summed E-state index contributed by atoms with van der Waals surface area (Å²) >= 11 is 0. The van der Waals surface area contributed by atoms with Crippen molar-refractivity contribution in [3.8, 4) is 0 Å². The summed E-state index contributed by atoms with van der Waals surface area (Å²) in [6, 6.07) is 11.4. The lowest BCUT2D eigenvalue weighted by atomic mass is 9.95. The van der Waals surface area contributed by atoms with Crippen LogP contribution >= 0.6 is 0 Å². The second kappa shape index (κ2) is 5.19. The smallest absolute Gasteiger partial charge is 0.0733 e. The topological polar surface area (TPSA) is 21.3 Å². The summed E-state index contributed by atoms with van der Waals surface area (Å²) in [6.45, 7) is 1.12. The van der Waals surface area contributed by atoms with Crippen LogP contribution in [0.3, 0.4) is 0 Å². The van der Waals surface area contributed by atoms with Gasteiger partial charge in [-0.3, -0.25) is 0 Å². The molecule has 2 heterocycles. The van der Waals surface area contributed by atoms with E-state index in [0.29, 0.717) is 18.2 Å². The van der Waals surface area contributed by atoms with Gasteiger partial charge in [0.1, 0.15) is 0 Å². The number of ether oxygens (including phenoxy) is 1. The summed E-state index contributed by atoms with van der Waals surface area (Å²) in [4.78, 5) is 0. The van der Waals surface area contributed by atoms with E-state index in [1.807, 2.05) is 0 Å². The maximum Gasteiger partial charge on any atom is 0.0733 e. The minimum Gasteiger partial charge on any atom is -0.373 e. The predicted molar refractivity (Wildman–Crippen MR) is 69.1 cm³/mol. The van der Waals surface area contributed by atoms with Gasteiger partial charge < -0.3 is 10.1 Å². The van der Waals surface area contributed by atoms with Gasteiger partial charge in [0.25, 0.3) is 0 Å². The molecule has 0 saturated carbocycles. The van der Waals surface area contributed by atoms with Crippen molar-refractivity contribution in [1.29, 1.82) is 0 Å². The van der Waals surface area contributed by atoms with Gasteiger partial charge in [0, 0.05) is 6.04 Å². The zero-order valence-corrected chi connectivity index (χ0v) is 10.3. The van der Waals surface area contributed by atoms with Crippen molar-refractivity contribution in [2.75, 3.05) is 6.54 Å². The molecule has 1 aromatic carbocycles. The molecule has 0 radical (unpaired) electrons. The molecular weight excluding hydrogens is 210 g/mol. The molecule has 2 fully saturated rings. The molecular formula is C15H21NO. The van der Waals surface area contributed by atoms with Gasteiger partial charge in [0.15, 0.2) is 0 Å². The highest BCUT2D eigenvalue weighted by Gasteiger charge is 2.40. The molecule has 1 N–H and O–H groups in total. The van der Waals surface area contributed by atoms with Crippen molar-refractivity contribution in [2.24, 2.45) is 0 Å². The maximum atomic E-state index is 5.84. The zero-order chi connectivity index (χ0) is 11.5. The largest absolute Gasteiger partial charge is 0.373 e. The van der Waals surface area contributed by atoms with E-state index in [9.17, 15) is 0 Å². The van der Waals surface area contributed by atoms with Gasteiger partial charge in [0.05, 0.1) is 12.2 Å². The first kappa shape index (κ1) is 11.2. The van der Waals surface area contributed by atoms with Crippen LogP contribution in [0.4, 0.5) is 0 Å². The van der Waals surface area contributed by atoms with Crippen molar-refractivity contribution in [2.45, 2.75) is 50.4 Å². The standard InChI is InChI=1S/C15H21NO/c1-2-5-12(6-3-1)7-4-10-16-14-11-13-8-9-15(14)17-13/h1-3,5-6,13-16H,4,7-11H2. The van der Waals surface area contributed by atoms with Crippen molar-refractivity contribution in [1.82, 2.24) is 5.32 Å². The fraction of sp³-hybridized carbons (Fsp3) is 0.600. The van der Waals surface area contributed by atoms with Crippen LogP contribution in [0.5, 0.6) is 0 Å². The first-order chi connectivity index (χ1) is 8.42. The van der Waals surface area contributed by atoms with E-state index in [1.54, 1.807) is 0 Å². The lowest BCUT2D eigenvalue weighted by Gasteiger charge is -2.19. The Morgan fingerprint density at radius 2 is 2.06 bits per heavy atom. The Bertz CT molecular complexity index is 351. The van der Waals surface area contributed by atoms with Gasteiger partial charge in [-0.05, 0) is 44.2 Å². The molecule has 92 valence electrons. The summed E-state index contributed by atoms with van der Waals surface area (Å²) < 4.78 is 5.84. The van der Waals surface area contributed by atoms with Gasteiger partial charge in [0.2, 0.25) is 0 Å². The highest BCUT2D eigenvalue weighted by atomic mass is 16.5. The lowest BCUT2D eigenvalue weighted by Crippen LogP contribution is -2.38. The molecule has 2 aliphatic heterocycles. The molecule has 2 bridgehead atoms. The van der Waals surface area contributed by atoms with Crippen LogP contribution in [0, 0.1) is 0 Å². The zero-order valence-electron chi connectivity index (χ0n) is 10.3. The Kier molecular flexibility index (Phi) is 3.44. The molecule has 0 spiro atoms. The van der Waals surface area contributed by atoms with Crippen molar-refractivity contribution in [3.63, 3.8) is 0 Å². The summed E-state index contributed by atoms with van der Waals surface area (Å²) in [5.41, 5.74) is 1.44. The Morgan fingerprint density at radius 3 is 2.76 bits per heavy atom. The number of hydrogen-bond donors (Lipinski definition) is 1. The van der Waals surface area contributed by atoms with E-state index in [1.165, 1.54) is 37.7 Å². The fourth-order valence-electron chi connectivity index (χ4n) is 3.08. The molecule has 2 saturated heterocycles. The molecule has 2 nitrogen and oxygen atoms in total. The number of fused-ring (bicyclic) bond motifs is 2. The van der Waals surface area contributed by atoms with Crippen LogP contribution in [0.1, 0.15) is 31.2 Å². The fourth-order valence-corrected chi connectivity index (χ4v) is 3.08. The van der Waals surface area contributed by atoms with E-state index in [0.717, 1.165) is 6.54 Å². The molecule has 2 heteroatoms. The average Bonchev–Trinajstić information content (AvgIpc) is 2.98. The van der Waals surface area contributed by atoms with Crippen molar-refractivity contribution >= 4 is 0 Å². The van der Waals surface area contributed by atoms with Gasteiger partial charge in [-0.2, -0.15) is 0 Å². The van der Waals surface area contributed by atoms with Crippen LogP contribution in [0.25, 0.3) is 0 Å². The summed E-state index contributed by atoms with van der Waals surface area (Å²) in [5.74, 6) is 0. The first-order valence-electron chi connectivity index (χ1n) is 6.84. The van der Waals surface area contributed by atoms with Crippen LogP contribution in [-0.2, 0) is 11.2 Å². The summed E-state index contributed by atoms with van der Waals surface area (Å²) in [7, 11) is 0. The number of aryl methyl sites for hydroxylation is 1. The minimum absolute atomic E-state index is 0.511. The number of nitrogens with one attached hydrogen (secondary N) is 1. The number of rotatable bonds is 5. The highest BCUT2D eigenvalue weighted by Crippen LogP contribution is 2.34. The molecule has 0 aliphatic carbocycles. The van der Waals surface area contributed by atoms with E-state index >= 15 is 0 Å². The third-order valence-electron chi connectivity index (χ3n) is 4.00. The molecule has 2 aliphatic rings. The van der Waals surface area contributed by atoms with Crippen LogP contribution in [0.2, 0.25) is 0 Å². The van der Waals surface area contributed by atoms with E-state index < -0.39 is 0 Å². The monoisotopic (exact) mass is 231 g/mol. The predicted octanol–water partition coefficient (Wildman–Crippen LogP) is 2.53. The Balaban J connectivity index is 1.36. The van der Waals surface area contributed by atoms with Gasteiger partial charge in [-0.25, -0.2) is 0 Å². The quantitative estimate of drug-likeness (QED) is 0.786. The Labute approximate surface area is 103 Å². The van der Waals surface area contributed by atoms with Gasteiger partial charge in [-0.1, -0.05) is 30.3 Å². The third-order valence-corrected chi connectivity index (χ3v) is 4.00. The average molecular weight is 231 g/mol. The molecule has 1 aromatic rings. The van der Waals surface area contributed by atoms with Crippen LogP contribution < -0.4 is 5.32 Å². The SMILES string of the molecule is c1ccc(CCCNC2CC3CCC2O3)cc1. The maximum absolute atomic E-state index is 5.84. The molecule has 3 rings (SSSR count). The second-order valence-electron chi connectivity index (χ2n) is 5.26. The molecule has 3 unspecified atom stereocenters. The lowest BCUT2D eigenvalue weighted by molar-refractivity contribution is 0.0974. The Morgan fingerprint density at radius 1 is 1.18 bits per heavy atom. The summed E-state index contributed by atoms with van der Waals surface area (Å²) in [6.07, 6.45) is 7.25. The number of benzene rings is 1. The minimum atomic E-state index is 0.511. The molecule has 0 amide bonds. The van der Waals surface area contributed by atoms with Crippen molar-refractivity contribution in [3.05, 3.63) is 35.9 Å². The first-order valence-corrected chi connectivity index (χ1v) is 6.84. The molecule has 17 heavy (non-hydrogen) atoms. The van der Waals surface area contributed by atoms with E-state index in [-0.39, 0.29) is 0 Å². The van der Waals surface area contributed by atoms with Crippen LogP contribution in [0.15, 0.2) is 30.3 Å². The van der Waals surface area contributed by atoms with E-state index in [4.69, 9.17) is 4.74 Å². The van der Waals surface area contributed by atoms with Crippen LogP contribution in [-0.4, -0.2) is 24.8 Å². The Hall–Kier alpha value is -0.860. The van der Waals surface area contributed by atoms with Gasteiger partial charge in [-0.15, -0.1) is 0 Å². The highest BCUT2D eigenvalue weighted by molar-refractivity contribution is 5.14. The normalized spacial score (nSPS) is 30.9.